The van der Waals surface area contributed by atoms with Gasteiger partial charge in [-0.2, -0.15) is 0 Å². The zero-order chi connectivity index (χ0) is 14.5. The number of fused-ring (bicyclic) bond motifs is 1. The highest BCUT2D eigenvalue weighted by Crippen LogP contribution is 2.23. The average Bonchev–Trinajstić information content (AvgIpc) is 2.82. The first-order chi connectivity index (χ1) is 9.60. The molecular weight excluding hydrogens is 326 g/mol. The standard InChI is InChI=1S/C14H16BrNO4/c1-19-8-11(17)4-5-16-14(18)13-7-9-6-10(15)2-3-12(9)20-13/h2-3,6-7,11,17H,4-5,8H2,1H3,(H,16,18). The Balaban J connectivity index is 1.94. The molecule has 1 amide bonds. The van der Waals surface area contributed by atoms with Crippen molar-refractivity contribution in [3.05, 3.63) is 34.5 Å². The largest absolute Gasteiger partial charge is 0.451 e. The van der Waals surface area contributed by atoms with E-state index in [0.717, 1.165) is 9.86 Å². The van der Waals surface area contributed by atoms with Crippen LogP contribution in [0.2, 0.25) is 0 Å². The van der Waals surface area contributed by atoms with E-state index in [1.807, 2.05) is 12.1 Å². The number of aliphatic hydroxyl groups excluding tert-OH is 1. The van der Waals surface area contributed by atoms with Crippen molar-refractivity contribution < 1.29 is 19.1 Å². The number of methoxy groups -OCH3 is 1. The highest BCUT2D eigenvalue weighted by atomic mass is 79.9. The smallest absolute Gasteiger partial charge is 0.287 e. The summed E-state index contributed by atoms with van der Waals surface area (Å²) < 4.78 is 11.2. The van der Waals surface area contributed by atoms with Crippen molar-refractivity contribution in [3.63, 3.8) is 0 Å². The molecule has 1 atom stereocenters. The van der Waals surface area contributed by atoms with Crippen LogP contribution in [0.25, 0.3) is 11.0 Å². The summed E-state index contributed by atoms with van der Waals surface area (Å²) in [4.78, 5) is 11.9. The molecule has 0 spiro atoms. The molecule has 0 saturated carbocycles. The third-order valence-electron chi connectivity index (χ3n) is 2.82. The van der Waals surface area contributed by atoms with E-state index < -0.39 is 6.10 Å². The molecule has 6 heteroatoms. The van der Waals surface area contributed by atoms with Gasteiger partial charge in [-0.05, 0) is 30.7 Å². The van der Waals surface area contributed by atoms with E-state index >= 15 is 0 Å². The lowest BCUT2D eigenvalue weighted by Gasteiger charge is -2.09. The molecule has 1 aromatic carbocycles. The van der Waals surface area contributed by atoms with Crippen molar-refractivity contribution in [3.8, 4) is 0 Å². The molecule has 1 aromatic heterocycles. The monoisotopic (exact) mass is 341 g/mol. The van der Waals surface area contributed by atoms with Gasteiger partial charge in [0.05, 0.1) is 12.7 Å². The number of furan rings is 1. The van der Waals surface area contributed by atoms with Gasteiger partial charge >= 0.3 is 0 Å². The van der Waals surface area contributed by atoms with E-state index in [4.69, 9.17) is 9.15 Å². The molecule has 2 aromatic rings. The third kappa shape index (κ3) is 3.82. The number of ether oxygens (including phenoxy) is 1. The first-order valence-electron chi connectivity index (χ1n) is 6.24. The number of benzene rings is 1. The number of hydrogen-bond donors (Lipinski definition) is 2. The molecule has 0 fully saturated rings. The fourth-order valence-electron chi connectivity index (χ4n) is 1.84. The van der Waals surface area contributed by atoms with E-state index in [0.29, 0.717) is 18.5 Å². The van der Waals surface area contributed by atoms with Gasteiger partial charge in [0.2, 0.25) is 0 Å². The summed E-state index contributed by atoms with van der Waals surface area (Å²) in [6.45, 7) is 0.624. The van der Waals surface area contributed by atoms with Gasteiger partial charge in [-0.15, -0.1) is 0 Å². The van der Waals surface area contributed by atoms with Gasteiger partial charge in [-0.1, -0.05) is 15.9 Å². The summed E-state index contributed by atoms with van der Waals surface area (Å²) in [5.74, 6) is -0.0266. The fraction of sp³-hybridized carbons (Fsp3) is 0.357. The van der Waals surface area contributed by atoms with Crippen LogP contribution < -0.4 is 5.32 Å². The highest BCUT2D eigenvalue weighted by molar-refractivity contribution is 9.10. The molecule has 0 aliphatic carbocycles. The second-order valence-electron chi connectivity index (χ2n) is 4.45. The van der Waals surface area contributed by atoms with E-state index in [9.17, 15) is 9.90 Å². The Labute approximate surface area is 125 Å². The van der Waals surface area contributed by atoms with Gasteiger partial charge in [0, 0.05) is 23.5 Å². The predicted octanol–water partition coefficient (Wildman–Crippen LogP) is 2.32. The third-order valence-corrected chi connectivity index (χ3v) is 3.32. The molecule has 0 saturated heterocycles. The van der Waals surface area contributed by atoms with Gasteiger partial charge < -0.3 is 19.6 Å². The number of rotatable bonds is 6. The SMILES string of the molecule is COCC(O)CCNC(=O)c1cc2cc(Br)ccc2o1. The summed E-state index contributed by atoms with van der Waals surface area (Å²) >= 11 is 3.37. The van der Waals surface area contributed by atoms with Crippen LogP contribution in [-0.4, -0.2) is 37.4 Å². The maximum Gasteiger partial charge on any atom is 0.287 e. The number of hydrogen-bond acceptors (Lipinski definition) is 4. The van der Waals surface area contributed by atoms with Crippen molar-refractivity contribution in [2.24, 2.45) is 0 Å². The lowest BCUT2D eigenvalue weighted by Crippen LogP contribution is -2.28. The summed E-state index contributed by atoms with van der Waals surface area (Å²) in [5.41, 5.74) is 0.665. The Morgan fingerprint density at radius 1 is 1.50 bits per heavy atom. The lowest BCUT2D eigenvalue weighted by molar-refractivity contribution is 0.0586. The summed E-state index contributed by atoms with van der Waals surface area (Å²) in [6.07, 6.45) is -0.141. The number of carbonyl (C=O) groups excluding carboxylic acids is 1. The van der Waals surface area contributed by atoms with E-state index in [2.05, 4.69) is 21.2 Å². The van der Waals surface area contributed by atoms with E-state index in [-0.39, 0.29) is 18.3 Å². The minimum Gasteiger partial charge on any atom is -0.451 e. The zero-order valence-corrected chi connectivity index (χ0v) is 12.6. The van der Waals surface area contributed by atoms with Gasteiger partial charge in [-0.3, -0.25) is 4.79 Å². The topological polar surface area (TPSA) is 71.7 Å². The van der Waals surface area contributed by atoms with E-state index in [1.165, 1.54) is 7.11 Å². The maximum atomic E-state index is 11.9. The molecule has 0 bridgehead atoms. The molecule has 108 valence electrons. The van der Waals surface area contributed by atoms with Crippen molar-refractivity contribution in [1.29, 1.82) is 0 Å². The van der Waals surface area contributed by atoms with Crippen LogP contribution in [0.1, 0.15) is 17.0 Å². The average molecular weight is 342 g/mol. The summed E-state index contributed by atoms with van der Waals surface area (Å²) in [7, 11) is 1.52. The van der Waals surface area contributed by atoms with Gasteiger partial charge in [0.15, 0.2) is 5.76 Å². The molecule has 20 heavy (non-hydrogen) atoms. The molecule has 2 rings (SSSR count). The first-order valence-corrected chi connectivity index (χ1v) is 7.03. The Morgan fingerprint density at radius 3 is 3.05 bits per heavy atom. The van der Waals surface area contributed by atoms with Crippen molar-refractivity contribution in [2.75, 3.05) is 20.3 Å². The zero-order valence-electron chi connectivity index (χ0n) is 11.1. The number of aliphatic hydroxyl groups is 1. The lowest BCUT2D eigenvalue weighted by atomic mass is 10.2. The minimum absolute atomic E-state index is 0.258. The molecular formula is C14H16BrNO4. The molecule has 1 unspecified atom stereocenters. The number of nitrogens with one attached hydrogen (secondary N) is 1. The van der Waals surface area contributed by atoms with Crippen LogP contribution >= 0.6 is 15.9 Å². The number of amides is 1. The normalized spacial score (nSPS) is 12.6. The van der Waals surface area contributed by atoms with Crippen LogP contribution in [0.15, 0.2) is 33.2 Å². The van der Waals surface area contributed by atoms with Crippen LogP contribution in [-0.2, 0) is 4.74 Å². The molecule has 2 N–H and O–H groups in total. The van der Waals surface area contributed by atoms with Crippen LogP contribution in [0, 0.1) is 0 Å². The quantitative estimate of drug-likeness (QED) is 0.845. The Kier molecular flexibility index (Phi) is 5.17. The second kappa shape index (κ2) is 6.88. The number of halogens is 1. The Morgan fingerprint density at radius 2 is 2.30 bits per heavy atom. The molecule has 1 heterocycles. The van der Waals surface area contributed by atoms with Crippen molar-refractivity contribution in [2.45, 2.75) is 12.5 Å². The Bertz CT molecular complexity index is 596. The summed E-state index contributed by atoms with van der Waals surface area (Å²) in [5, 5.41) is 13.0. The molecule has 5 nitrogen and oxygen atoms in total. The molecule has 0 radical (unpaired) electrons. The summed E-state index contributed by atoms with van der Waals surface area (Å²) in [6, 6.07) is 7.24. The fourth-order valence-corrected chi connectivity index (χ4v) is 2.22. The van der Waals surface area contributed by atoms with Gasteiger partial charge in [-0.25, -0.2) is 0 Å². The van der Waals surface area contributed by atoms with Crippen molar-refractivity contribution in [1.82, 2.24) is 5.32 Å². The van der Waals surface area contributed by atoms with E-state index in [1.54, 1.807) is 12.1 Å². The predicted molar refractivity (Wildman–Crippen MR) is 78.7 cm³/mol. The minimum atomic E-state index is -0.577. The van der Waals surface area contributed by atoms with Crippen LogP contribution in [0.4, 0.5) is 0 Å². The second-order valence-corrected chi connectivity index (χ2v) is 5.36. The number of carbonyl (C=O) groups is 1. The highest BCUT2D eigenvalue weighted by Gasteiger charge is 2.12. The maximum absolute atomic E-state index is 11.9. The molecule has 0 aliphatic heterocycles. The first kappa shape index (κ1) is 15.0. The van der Waals surface area contributed by atoms with Gasteiger partial charge in [0.25, 0.3) is 5.91 Å². The Hall–Kier alpha value is -1.37. The van der Waals surface area contributed by atoms with Crippen LogP contribution in [0.5, 0.6) is 0 Å². The molecule has 0 aliphatic rings. The van der Waals surface area contributed by atoms with Crippen LogP contribution in [0.3, 0.4) is 0 Å². The van der Waals surface area contributed by atoms with Crippen molar-refractivity contribution >= 4 is 32.8 Å². The van der Waals surface area contributed by atoms with Gasteiger partial charge in [0.1, 0.15) is 5.58 Å².